The van der Waals surface area contributed by atoms with Crippen LogP contribution in [0.4, 0.5) is 0 Å². The van der Waals surface area contributed by atoms with Crippen LogP contribution in [0.25, 0.3) is 0 Å². The molecule has 1 aromatic carbocycles. The molecule has 0 spiro atoms. The molecular formula is C19H26O2. The predicted octanol–water partition coefficient (Wildman–Crippen LogP) is 5.09. The van der Waals surface area contributed by atoms with Crippen molar-refractivity contribution in [2.75, 3.05) is 7.11 Å². The average molecular weight is 286 g/mol. The van der Waals surface area contributed by atoms with Crippen LogP contribution in [-0.4, -0.2) is 12.2 Å². The summed E-state index contributed by atoms with van der Waals surface area (Å²) in [6, 6.07) is 7.75. The Morgan fingerprint density at radius 1 is 1.05 bits per heavy atom. The summed E-state index contributed by atoms with van der Waals surface area (Å²) in [5, 5.41) is 9.55. The lowest BCUT2D eigenvalue weighted by Gasteiger charge is -2.39. The predicted molar refractivity (Wildman–Crippen MR) is 87.4 cm³/mol. The van der Waals surface area contributed by atoms with Gasteiger partial charge in [-0.05, 0) is 50.5 Å². The van der Waals surface area contributed by atoms with Gasteiger partial charge >= 0.3 is 0 Å². The van der Waals surface area contributed by atoms with E-state index in [1.54, 1.807) is 19.2 Å². The van der Waals surface area contributed by atoms with Crippen LogP contribution in [0.2, 0.25) is 0 Å². The molecule has 114 valence electrons. The monoisotopic (exact) mass is 286 g/mol. The van der Waals surface area contributed by atoms with Gasteiger partial charge in [0.2, 0.25) is 0 Å². The summed E-state index contributed by atoms with van der Waals surface area (Å²) in [6.45, 7) is 4.19. The standard InChI is InChI=1S/C19H26O2/c1-15(7-8-16(2)21-3)19(13-5-4-6-14-19)17-9-11-18(20)12-10-17/h7-12,20H,4-6,13-14H2,1-3H3/b15-7+,16-8+. The van der Waals surface area contributed by atoms with E-state index >= 15 is 0 Å². The van der Waals surface area contributed by atoms with E-state index < -0.39 is 0 Å². The van der Waals surface area contributed by atoms with Gasteiger partial charge < -0.3 is 9.84 Å². The summed E-state index contributed by atoms with van der Waals surface area (Å²) in [5.74, 6) is 1.26. The van der Waals surface area contributed by atoms with Crippen molar-refractivity contribution in [1.82, 2.24) is 0 Å². The Morgan fingerprint density at radius 2 is 1.67 bits per heavy atom. The molecule has 2 rings (SSSR count). The molecule has 1 aromatic rings. The molecule has 0 aromatic heterocycles. The average Bonchev–Trinajstić information content (AvgIpc) is 2.53. The molecule has 21 heavy (non-hydrogen) atoms. The highest BCUT2D eigenvalue weighted by Crippen LogP contribution is 2.45. The quantitative estimate of drug-likeness (QED) is 0.617. The maximum atomic E-state index is 9.55. The lowest BCUT2D eigenvalue weighted by molar-refractivity contribution is 0.293. The Labute approximate surface area is 128 Å². The molecule has 0 amide bonds. The zero-order valence-corrected chi connectivity index (χ0v) is 13.4. The first-order chi connectivity index (χ1) is 10.1. The Morgan fingerprint density at radius 3 is 2.24 bits per heavy atom. The smallest absolute Gasteiger partial charge is 0.115 e. The van der Waals surface area contributed by atoms with Crippen LogP contribution in [0.15, 0.2) is 47.7 Å². The van der Waals surface area contributed by atoms with E-state index in [0.29, 0.717) is 5.75 Å². The molecule has 0 bridgehead atoms. The fraction of sp³-hybridized carbons (Fsp3) is 0.474. The number of phenols is 1. The van der Waals surface area contributed by atoms with Crippen LogP contribution in [0.5, 0.6) is 5.75 Å². The third-order valence-electron chi connectivity index (χ3n) is 4.77. The number of hydrogen-bond donors (Lipinski definition) is 1. The van der Waals surface area contributed by atoms with E-state index in [1.165, 1.54) is 43.2 Å². The highest BCUT2D eigenvalue weighted by molar-refractivity contribution is 5.40. The van der Waals surface area contributed by atoms with Crippen molar-refractivity contribution >= 4 is 0 Å². The second kappa shape index (κ2) is 6.84. The second-order valence-corrected chi connectivity index (χ2v) is 6.02. The first-order valence-electron chi connectivity index (χ1n) is 7.78. The lowest BCUT2D eigenvalue weighted by atomic mass is 9.65. The van der Waals surface area contributed by atoms with E-state index in [0.717, 1.165) is 5.76 Å². The normalized spacial score (nSPS) is 19.4. The molecule has 0 radical (unpaired) electrons. The second-order valence-electron chi connectivity index (χ2n) is 6.02. The molecule has 0 saturated heterocycles. The molecule has 0 unspecified atom stereocenters. The van der Waals surface area contributed by atoms with E-state index in [1.807, 2.05) is 13.0 Å². The number of methoxy groups -OCH3 is 1. The lowest BCUT2D eigenvalue weighted by Crippen LogP contribution is -2.30. The molecule has 0 atom stereocenters. The number of allylic oxidation sites excluding steroid dienone is 4. The van der Waals surface area contributed by atoms with Crippen LogP contribution in [0.3, 0.4) is 0 Å². The van der Waals surface area contributed by atoms with Crippen LogP contribution in [0, 0.1) is 0 Å². The van der Waals surface area contributed by atoms with Crippen LogP contribution in [-0.2, 0) is 10.2 Å². The molecule has 1 N–H and O–H groups in total. The van der Waals surface area contributed by atoms with Gasteiger partial charge in [-0.3, -0.25) is 0 Å². The molecule has 1 saturated carbocycles. The Balaban J connectivity index is 2.39. The first-order valence-corrected chi connectivity index (χ1v) is 7.78. The van der Waals surface area contributed by atoms with Gasteiger partial charge in [0.1, 0.15) is 5.75 Å². The minimum atomic E-state index is 0.108. The van der Waals surface area contributed by atoms with E-state index in [4.69, 9.17) is 4.74 Å². The fourth-order valence-corrected chi connectivity index (χ4v) is 3.32. The minimum absolute atomic E-state index is 0.108. The molecule has 1 aliphatic rings. The number of phenolic OH excluding ortho intramolecular Hbond substituents is 1. The maximum Gasteiger partial charge on any atom is 0.115 e. The van der Waals surface area contributed by atoms with Crippen LogP contribution >= 0.6 is 0 Å². The zero-order valence-electron chi connectivity index (χ0n) is 13.4. The zero-order chi connectivity index (χ0) is 15.3. The summed E-state index contributed by atoms with van der Waals surface area (Å²) in [6.07, 6.45) is 10.4. The Hall–Kier alpha value is -1.70. The van der Waals surface area contributed by atoms with Gasteiger partial charge in [0.25, 0.3) is 0 Å². The third kappa shape index (κ3) is 3.49. The first kappa shape index (κ1) is 15.7. The number of ether oxygens (including phenoxy) is 1. The highest BCUT2D eigenvalue weighted by Gasteiger charge is 2.35. The summed E-state index contributed by atoms with van der Waals surface area (Å²) >= 11 is 0. The Bertz CT molecular complexity index is 517. The number of aromatic hydroxyl groups is 1. The van der Waals surface area contributed by atoms with Crippen molar-refractivity contribution in [1.29, 1.82) is 0 Å². The van der Waals surface area contributed by atoms with Gasteiger partial charge in [-0.15, -0.1) is 0 Å². The van der Waals surface area contributed by atoms with Crippen molar-refractivity contribution in [2.45, 2.75) is 51.4 Å². The minimum Gasteiger partial charge on any atom is -0.508 e. The summed E-state index contributed by atoms with van der Waals surface area (Å²) in [4.78, 5) is 0. The maximum absolute atomic E-state index is 9.55. The molecule has 2 heteroatoms. The summed E-state index contributed by atoms with van der Waals surface area (Å²) in [7, 11) is 1.70. The Kier molecular flexibility index (Phi) is 5.11. The molecule has 2 nitrogen and oxygen atoms in total. The summed E-state index contributed by atoms with van der Waals surface area (Å²) in [5.41, 5.74) is 2.80. The molecule has 0 aliphatic heterocycles. The van der Waals surface area contributed by atoms with E-state index in [-0.39, 0.29) is 5.41 Å². The molecule has 0 heterocycles. The van der Waals surface area contributed by atoms with Crippen molar-refractivity contribution < 1.29 is 9.84 Å². The molecule has 1 fully saturated rings. The van der Waals surface area contributed by atoms with Crippen molar-refractivity contribution in [2.24, 2.45) is 0 Å². The van der Waals surface area contributed by atoms with Crippen molar-refractivity contribution in [3.8, 4) is 5.75 Å². The SMILES string of the molecule is CO/C(C)=C/C=C(\C)C1(c2ccc(O)cc2)CCCCC1. The highest BCUT2D eigenvalue weighted by atomic mass is 16.5. The topological polar surface area (TPSA) is 29.5 Å². The molecular weight excluding hydrogens is 260 g/mol. The van der Waals surface area contributed by atoms with Crippen LogP contribution < -0.4 is 0 Å². The van der Waals surface area contributed by atoms with Gasteiger partial charge in [0.15, 0.2) is 0 Å². The van der Waals surface area contributed by atoms with Gasteiger partial charge in [0.05, 0.1) is 12.9 Å². The van der Waals surface area contributed by atoms with Gasteiger partial charge in [-0.2, -0.15) is 0 Å². The fourth-order valence-electron chi connectivity index (χ4n) is 3.32. The number of rotatable bonds is 4. The largest absolute Gasteiger partial charge is 0.508 e. The molecule has 1 aliphatic carbocycles. The van der Waals surface area contributed by atoms with Crippen molar-refractivity contribution in [3.63, 3.8) is 0 Å². The third-order valence-corrected chi connectivity index (χ3v) is 4.77. The number of benzene rings is 1. The van der Waals surface area contributed by atoms with Gasteiger partial charge in [-0.1, -0.05) is 43.0 Å². The summed E-state index contributed by atoms with van der Waals surface area (Å²) < 4.78 is 5.23. The van der Waals surface area contributed by atoms with Gasteiger partial charge in [0, 0.05) is 5.41 Å². The van der Waals surface area contributed by atoms with Gasteiger partial charge in [-0.25, -0.2) is 0 Å². The van der Waals surface area contributed by atoms with E-state index in [2.05, 4.69) is 25.1 Å². The number of hydrogen-bond acceptors (Lipinski definition) is 2. The van der Waals surface area contributed by atoms with Crippen molar-refractivity contribution in [3.05, 3.63) is 53.3 Å². The van der Waals surface area contributed by atoms with Crippen LogP contribution in [0.1, 0.15) is 51.5 Å². The van der Waals surface area contributed by atoms with E-state index in [9.17, 15) is 5.11 Å².